The molecule has 3 N–H and O–H groups in total. The number of aryl methyl sites for hydroxylation is 1. The first-order chi connectivity index (χ1) is 11.0. The van der Waals surface area contributed by atoms with Crippen LogP contribution in [0.25, 0.3) is 0 Å². The Balaban J connectivity index is 2.02. The quantitative estimate of drug-likeness (QED) is 0.760. The highest BCUT2D eigenvalue weighted by Crippen LogP contribution is 2.17. The SMILES string of the molecule is CCc1cccc(NC(=O)C(=O)Nc2cccc(C(C)O)c2)c1. The van der Waals surface area contributed by atoms with E-state index >= 15 is 0 Å². The minimum absolute atomic E-state index is 0.464. The third kappa shape index (κ3) is 4.66. The Labute approximate surface area is 135 Å². The minimum atomic E-state index is -0.755. The van der Waals surface area contributed by atoms with E-state index in [0.717, 1.165) is 12.0 Å². The molecule has 5 heteroatoms. The van der Waals surface area contributed by atoms with Crippen LogP contribution in [0, 0.1) is 0 Å². The van der Waals surface area contributed by atoms with E-state index in [0.29, 0.717) is 16.9 Å². The second-order valence-electron chi connectivity index (χ2n) is 5.26. The molecule has 0 saturated carbocycles. The fourth-order valence-electron chi connectivity index (χ4n) is 2.12. The van der Waals surface area contributed by atoms with Gasteiger partial charge in [0.15, 0.2) is 0 Å². The molecule has 0 aliphatic rings. The molecule has 2 amide bonds. The number of benzene rings is 2. The molecule has 1 atom stereocenters. The first-order valence-electron chi connectivity index (χ1n) is 7.49. The molecule has 5 nitrogen and oxygen atoms in total. The second-order valence-corrected chi connectivity index (χ2v) is 5.26. The zero-order chi connectivity index (χ0) is 16.8. The van der Waals surface area contributed by atoms with Gasteiger partial charge in [-0.05, 0) is 48.7 Å². The average molecular weight is 312 g/mol. The van der Waals surface area contributed by atoms with Crippen molar-refractivity contribution in [2.75, 3.05) is 10.6 Å². The molecule has 2 aromatic carbocycles. The van der Waals surface area contributed by atoms with Crippen LogP contribution in [0.4, 0.5) is 11.4 Å². The van der Waals surface area contributed by atoms with Crippen molar-refractivity contribution in [2.24, 2.45) is 0 Å². The molecule has 0 saturated heterocycles. The number of anilines is 2. The Bertz CT molecular complexity index is 711. The lowest BCUT2D eigenvalue weighted by Crippen LogP contribution is -2.29. The monoisotopic (exact) mass is 312 g/mol. The molecule has 0 spiro atoms. The number of amides is 2. The van der Waals surface area contributed by atoms with E-state index in [9.17, 15) is 14.7 Å². The Morgan fingerprint density at radius 1 is 1.00 bits per heavy atom. The van der Waals surface area contributed by atoms with Crippen LogP contribution in [0.1, 0.15) is 31.1 Å². The van der Waals surface area contributed by atoms with Gasteiger partial charge in [-0.25, -0.2) is 0 Å². The maximum atomic E-state index is 12.0. The van der Waals surface area contributed by atoms with Crippen molar-refractivity contribution in [1.82, 2.24) is 0 Å². The molecule has 0 heterocycles. The first-order valence-corrected chi connectivity index (χ1v) is 7.49. The van der Waals surface area contributed by atoms with Crippen molar-refractivity contribution >= 4 is 23.2 Å². The van der Waals surface area contributed by atoms with E-state index in [1.165, 1.54) is 0 Å². The third-order valence-electron chi connectivity index (χ3n) is 3.43. The van der Waals surface area contributed by atoms with E-state index in [1.54, 1.807) is 37.3 Å². The van der Waals surface area contributed by atoms with E-state index < -0.39 is 17.9 Å². The molecule has 23 heavy (non-hydrogen) atoms. The first kappa shape index (κ1) is 16.7. The van der Waals surface area contributed by atoms with E-state index in [2.05, 4.69) is 10.6 Å². The molecule has 1 unspecified atom stereocenters. The van der Waals surface area contributed by atoms with Gasteiger partial charge in [0.05, 0.1) is 6.10 Å². The minimum Gasteiger partial charge on any atom is -0.389 e. The van der Waals surface area contributed by atoms with E-state index in [1.807, 2.05) is 25.1 Å². The number of rotatable bonds is 4. The summed E-state index contributed by atoms with van der Waals surface area (Å²) in [6.07, 6.45) is 0.208. The summed E-state index contributed by atoms with van der Waals surface area (Å²) in [5, 5.41) is 14.6. The maximum Gasteiger partial charge on any atom is 0.314 e. The van der Waals surface area contributed by atoms with E-state index in [-0.39, 0.29) is 0 Å². The molecule has 2 rings (SSSR count). The summed E-state index contributed by atoms with van der Waals surface area (Å²) < 4.78 is 0. The Morgan fingerprint density at radius 3 is 2.13 bits per heavy atom. The van der Waals surface area contributed by atoms with Gasteiger partial charge in [-0.3, -0.25) is 9.59 Å². The van der Waals surface area contributed by atoms with Crippen LogP contribution >= 0.6 is 0 Å². The second kappa shape index (κ2) is 7.56. The summed E-state index contributed by atoms with van der Waals surface area (Å²) >= 11 is 0. The molecular formula is C18H20N2O3. The molecule has 0 aliphatic carbocycles. The van der Waals surface area contributed by atoms with Gasteiger partial charge in [0.2, 0.25) is 0 Å². The fraction of sp³-hybridized carbons (Fsp3) is 0.222. The molecule has 120 valence electrons. The van der Waals surface area contributed by atoms with Crippen LogP contribution in [0.2, 0.25) is 0 Å². The lowest BCUT2D eigenvalue weighted by Gasteiger charge is -2.10. The fourth-order valence-corrected chi connectivity index (χ4v) is 2.12. The van der Waals surface area contributed by atoms with Crippen LogP contribution in [0.15, 0.2) is 48.5 Å². The van der Waals surface area contributed by atoms with Crippen molar-refractivity contribution < 1.29 is 14.7 Å². The van der Waals surface area contributed by atoms with Gasteiger partial charge < -0.3 is 15.7 Å². The van der Waals surface area contributed by atoms with Gasteiger partial charge >= 0.3 is 11.8 Å². The van der Waals surface area contributed by atoms with Crippen LogP contribution in [-0.2, 0) is 16.0 Å². The van der Waals surface area contributed by atoms with Crippen molar-refractivity contribution in [1.29, 1.82) is 0 Å². The number of hydrogen-bond acceptors (Lipinski definition) is 3. The summed E-state index contributed by atoms with van der Waals surface area (Å²) in [5.41, 5.74) is 2.79. The van der Waals surface area contributed by atoms with E-state index in [4.69, 9.17) is 0 Å². The highest BCUT2D eigenvalue weighted by atomic mass is 16.3. The molecule has 0 fully saturated rings. The number of aliphatic hydroxyl groups excluding tert-OH is 1. The molecule has 0 aliphatic heterocycles. The lowest BCUT2D eigenvalue weighted by atomic mass is 10.1. The van der Waals surface area contributed by atoms with Crippen LogP contribution in [0.5, 0.6) is 0 Å². The number of carbonyl (C=O) groups is 2. The third-order valence-corrected chi connectivity index (χ3v) is 3.43. The number of hydrogen-bond donors (Lipinski definition) is 3. The van der Waals surface area contributed by atoms with Gasteiger partial charge in [0.1, 0.15) is 0 Å². The Kier molecular flexibility index (Phi) is 5.49. The summed E-state index contributed by atoms with van der Waals surface area (Å²) in [7, 11) is 0. The highest BCUT2D eigenvalue weighted by Gasteiger charge is 2.14. The molecule has 0 bridgehead atoms. The smallest absolute Gasteiger partial charge is 0.314 e. The van der Waals surface area contributed by atoms with Gasteiger partial charge in [0.25, 0.3) is 0 Å². The van der Waals surface area contributed by atoms with Crippen LogP contribution < -0.4 is 10.6 Å². The summed E-state index contributed by atoms with van der Waals surface area (Å²) in [4.78, 5) is 23.9. The van der Waals surface area contributed by atoms with Crippen molar-refractivity contribution in [3.63, 3.8) is 0 Å². The zero-order valence-corrected chi connectivity index (χ0v) is 13.2. The van der Waals surface area contributed by atoms with Crippen LogP contribution in [-0.4, -0.2) is 16.9 Å². The topological polar surface area (TPSA) is 78.4 Å². The van der Waals surface area contributed by atoms with Gasteiger partial charge in [-0.1, -0.05) is 31.2 Å². The zero-order valence-electron chi connectivity index (χ0n) is 13.2. The average Bonchev–Trinajstić information content (AvgIpc) is 2.55. The molecule has 2 aromatic rings. The largest absolute Gasteiger partial charge is 0.389 e. The Hall–Kier alpha value is -2.66. The number of carbonyl (C=O) groups excluding carboxylic acids is 2. The Morgan fingerprint density at radius 2 is 1.57 bits per heavy atom. The van der Waals surface area contributed by atoms with Gasteiger partial charge in [0, 0.05) is 11.4 Å². The number of nitrogens with one attached hydrogen (secondary N) is 2. The summed E-state index contributed by atoms with van der Waals surface area (Å²) in [5.74, 6) is -1.49. The predicted molar refractivity (Wildman–Crippen MR) is 90.2 cm³/mol. The van der Waals surface area contributed by atoms with Gasteiger partial charge in [-0.2, -0.15) is 0 Å². The molecule has 0 aromatic heterocycles. The highest BCUT2D eigenvalue weighted by molar-refractivity contribution is 6.43. The number of aliphatic hydroxyl groups is 1. The van der Waals surface area contributed by atoms with Crippen molar-refractivity contribution in [3.8, 4) is 0 Å². The maximum absolute atomic E-state index is 12.0. The summed E-state index contributed by atoms with van der Waals surface area (Å²) in [6.45, 7) is 3.65. The lowest BCUT2D eigenvalue weighted by molar-refractivity contribution is -0.132. The van der Waals surface area contributed by atoms with Gasteiger partial charge in [-0.15, -0.1) is 0 Å². The standard InChI is InChI=1S/C18H20N2O3/c1-3-13-6-4-8-15(10-13)19-17(22)18(23)20-16-9-5-7-14(11-16)12(2)21/h4-12,21H,3H2,1-2H3,(H,19,22)(H,20,23). The van der Waals surface area contributed by atoms with Crippen LogP contribution in [0.3, 0.4) is 0 Å². The predicted octanol–water partition coefficient (Wildman–Crippen LogP) is 2.88. The summed E-state index contributed by atoms with van der Waals surface area (Å²) in [6, 6.07) is 14.1. The molecule has 0 radical (unpaired) electrons. The van der Waals surface area contributed by atoms with Crippen molar-refractivity contribution in [3.05, 3.63) is 59.7 Å². The normalized spacial score (nSPS) is 11.6. The van der Waals surface area contributed by atoms with Crippen molar-refractivity contribution in [2.45, 2.75) is 26.4 Å². The molecular weight excluding hydrogens is 292 g/mol.